The largest absolute Gasteiger partial charge is 0.508 e. The van der Waals surface area contributed by atoms with Gasteiger partial charge in [-0.2, -0.15) is 0 Å². The number of carbonyl (C=O) groups is 1. The average Bonchev–Trinajstić information content (AvgIpc) is 2.25. The van der Waals surface area contributed by atoms with E-state index < -0.39 is 0 Å². The van der Waals surface area contributed by atoms with Crippen molar-refractivity contribution in [2.45, 2.75) is 32.7 Å². The van der Waals surface area contributed by atoms with Gasteiger partial charge in [-0.15, -0.1) is 0 Å². The van der Waals surface area contributed by atoms with Crippen LogP contribution in [0, 0.1) is 0 Å². The second-order valence-corrected chi connectivity index (χ2v) is 3.51. The van der Waals surface area contributed by atoms with Gasteiger partial charge >= 0.3 is 0 Å². The first kappa shape index (κ1) is 11.6. The molecule has 0 bridgehead atoms. The normalized spacial score (nSPS) is 9.93. The molecule has 0 aliphatic rings. The highest BCUT2D eigenvalue weighted by molar-refractivity contribution is 5.75. The number of benzene rings is 1. The van der Waals surface area contributed by atoms with Crippen LogP contribution in [0.4, 0.5) is 0 Å². The Kier molecular flexibility index (Phi) is 4.68. The van der Waals surface area contributed by atoms with E-state index in [0.29, 0.717) is 13.0 Å². The molecule has 0 saturated heterocycles. The average molecular weight is 207 g/mol. The zero-order valence-corrected chi connectivity index (χ0v) is 8.99. The molecular weight excluding hydrogens is 190 g/mol. The molecule has 0 heterocycles. The molecule has 1 aromatic carbocycles. The molecule has 0 radical (unpaired) electrons. The van der Waals surface area contributed by atoms with Crippen molar-refractivity contribution in [2.75, 3.05) is 0 Å². The third-order valence-corrected chi connectivity index (χ3v) is 2.23. The van der Waals surface area contributed by atoms with Crippen molar-refractivity contribution in [3.05, 3.63) is 29.8 Å². The lowest BCUT2D eigenvalue weighted by Crippen LogP contribution is -2.22. The first-order chi connectivity index (χ1) is 7.24. The zero-order valence-electron chi connectivity index (χ0n) is 8.99. The van der Waals surface area contributed by atoms with E-state index in [1.54, 1.807) is 18.2 Å². The minimum absolute atomic E-state index is 0.0418. The summed E-state index contributed by atoms with van der Waals surface area (Å²) in [6.45, 7) is 2.45. The van der Waals surface area contributed by atoms with E-state index in [-0.39, 0.29) is 11.7 Å². The van der Waals surface area contributed by atoms with Crippen LogP contribution >= 0.6 is 0 Å². The van der Waals surface area contributed by atoms with Gasteiger partial charge in [-0.1, -0.05) is 31.5 Å². The fourth-order valence-corrected chi connectivity index (χ4v) is 1.28. The number of aromatic hydroxyl groups is 1. The maximum absolute atomic E-state index is 11.3. The zero-order chi connectivity index (χ0) is 11.1. The van der Waals surface area contributed by atoms with Crippen LogP contribution in [-0.2, 0) is 11.3 Å². The smallest absolute Gasteiger partial charge is 0.220 e. The lowest BCUT2D eigenvalue weighted by atomic mass is 10.2. The Morgan fingerprint density at radius 1 is 1.40 bits per heavy atom. The van der Waals surface area contributed by atoms with Crippen LogP contribution in [0.3, 0.4) is 0 Å². The minimum Gasteiger partial charge on any atom is -0.508 e. The third-order valence-electron chi connectivity index (χ3n) is 2.23. The molecule has 15 heavy (non-hydrogen) atoms. The molecule has 0 spiro atoms. The first-order valence-corrected chi connectivity index (χ1v) is 5.27. The summed E-state index contributed by atoms with van der Waals surface area (Å²) >= 11 is 0. The number of hydrogen-bond acceptors (Lipinski definition) is 2. The Balaban J connectivity index is 2.37. The first-order valence-electron chi connectivity index (χ1n) is 5.27. The molecule has 82 valence electrons. The van der Waals surface area contributed by atoms with E-state index >= 15 is 0 Å². The Hall–Kier alpha value is -1.51. The summed E-state index contributed by atoms with van der Waals surface area (Å²) in [5.74, 6) is 0.272. The maximum Gasteiger partial charge on any atom is 0.220 e. The maximum atomic E-state index is 11.3. The number of phenols is 1. The summed E-state index contributed by atoms with van der Waals surface area (Å²) in [5, 5.41) is 12.2. The van der Waals surface area contributed by atoms with Gasteiger partial charge in [0.05, 0.1) is 0 Å². The molecule has 0 fully saturated rings. The summed E-state index contributed by atoms with van der Waals surface area (Å²) in [4.78, 5) is 11.3. The highest BCUT2D eigenvalue weighted by atomic mass is 16.3. The second kappa shape index (κ2) is 6.06. The molecule has 0 aliphatic carbocycles. The van der Waals surface area contributed by atoms with Gasteiger partial charge in [0.1, 0.15) is 5.75 Å². The summed E-state index contributed by atoms with van der Waals surface area (Å²) in [7, 11) is 0. The van der Waals surface area contributed by atoms with Crippen molar-refractivity contribution >= 4 is 5.91 Å². The number of phenolic OH excluding ortho intramolecular Hbond substituents is 1. The van der Waals surface area contributed by atoms with E-state index in [2.05, 4.69) is 12.2 Å². The Labute approximate surface area is 90.1 Å². The fourth-order valence-electron chi connectivity index (χ4n) is 1.28. The third kappa shape index (κ3) is 4.02. The van der Waals surface area contributed by atoms with Gasteiger partial charge in [0, 0.05) is 18.5 Å². The summed E-state index contributed by atoms with van der Waals surface area (Å²) < 4.78 is 0. The number of nitrogens with one attached hydrogen (secondary N) is 1. The molecule has 3 nitrogen and oxygen atoms in total. The van der Waals surface area contributed by atoms with Gasteiger partial charge in [-0.25, -0.2) is 0 Å². The molecule has 0 atom stereocenters. The van der Waals surface area contributed by atoms with E-state index in [0.717, 1.165) is 18.4 Å². The van der Waals surface area contributed by atoms with Gasteiger partial charge in [0.15, 0.2) is 0 Å². The summed E-state index contributed by atoms with van der Waals surface area (Å²) in [6, 6.07) is 7.02. The van der Waals surface area contributed by atoms with Crippen LogP contribution in [0.1, 0.15) is 31.7 Å². The van der Waals surface area contributed by atoms with E-state index in [4.69, 9.17) is 0 Å². The summed E-state index contributed by atoms with van der Waals surface area (Å²) in [6.07, 6.45) is 2.49. The Bertz CT molecular complexity index is 323. The molecule has 0 aromatic heterocycles. The standard InChI is InChI=1S/C12H17NO2/c1-2-3-8-12(15)13-9-10-6-4-5-7-11(10)14/h4-7,14H,2-3,8-9H2,1H3,(H,13,15). The predicted molar refractivity (Wildman–Crippen MR) is 59.5 cm³/mol. The number of unbranched alkanes of at least 4 members (excludes halogenated alkanes) is 1. The van der Waals surface area contributed by atoms with Crippen LogP contribution in [0.25, 0.3) is 0 Å². The van der Waals surface area contributed by atoms with Crippen molar-refractivity contribution in [3.63, 3.8) is 0 Å². The molecule has 0 unspecified atom stereocenters. The fraction of sp³-hybridized carbons (Fsp3) is 0.417. The number of rotatable bonds is 5. The molecule has 1 aromatic rings. The van der Waals surface area contributed by atoms with Crippen molar-refractivity contribution in [1.82, 2.24) is 5.32 Å². The molecule has 0 aliphatic heterocycles. The van der Waals surface area contributed by atoms with Crippen molar-refractivity contribution in [2.24, 2.45) is 0 Å². The van der Waals surface area contributed by atoms with E-state index in [9.17, 15) is 9.90 Å². The highest BCUT2D eigenvalue weighted by Crippen LogP contribution is 2.14. The van der Waals surface area contributed by atoms with Crippen LogP contribution in [0.15, 0.2) is 24.3 Å². The van der Waals surface area contributed by atoms with Crippen LogP contribution in [-0.4, -0.2) is 11.0 Å². The van der Waals surface area contributed by atoms with Gasteiger partial charge in [-0.05, 0) is 12.5 Å². The summed E-state index contributed by atoms with van der Waals surface area (Å²) in [5.41, 5.74) is 0.752. The molecule has 0 saturated carbocycles. The van der Waals surface area contributed by atoms with Crippen LogP contribution < -0.4 is 5.32 Å². The Morgan fingerprint density at radius 3 is 2.80 bits per heavy atom. The van der Waals surface area contributed by atoms with Gasteiger partial charge < -0.3 is 10.4 Å². The monoisotopic (exact) mass is 207 g/mol. The second-order valence-electron chi connectivity index (χ2n) is 3.51. The lowest BCUT2D eigenvalue weighted by Gasteiger charge is -2.06. The highest BCUT2D eigenvalue weighted by Gasteiger charge is 2.02. The molecule has 2 N–H and O–H groups in total. The minimum atomic E-state index is 0.0418. The van der Waals surface area contributed by atoms with Gasteiger partial charge in [-0.3, -0.25) is 4.79 Å². The SMILES string of the molecule is CCCCC(=O)NCc1ccccc1O. The molecule has 1 rings (SSSR count). The van der Waals surface area contributed by atoms with Gasteiger partial charge in [0.2, 0.25) is 5.91 Å². The van der Waals surface area contributed by atoms with Crippen LogP contribution in [0.2, 0.25) is 0 Å². The molecule has 1 amide bonds. The lowest BCUT2D eigenvalue weighted by molar-refractivity contribution is -0.121. The van der Waals surface area contributed by atoms with Crippen molar-refractivity contribution < 1.29 is 9.90 Å². The van der Waals surface area contributed by atoms with Crippen molar-refractivity contribution in [1.29, 1.82) is 0 Å². The topological polar surface area (TPSA) is 49.3 Å². The van der Waals surface area contributed by atoms with E-state index in [1.807, 2.05) is 6.07 Å². The van der Waals surface area contributed by atoms with Crippen molar-refractivity contribution in [3.8, 4) is 5.75 Å². The van der Waals surface area contributed by atoms with E-state index in [1.165, 1.54) is 0 Å². The van der Waals surface area contributed by atoms with Crippen LogP contribution in [0.5, 0.6) is 5.75 Å². The number of para-hydroxylation sites is 1. The molecular formula is C12H17NO2. The number of carbonyl (C=O) groups excluding carboxylic acids is 1. The van der Waals surface area contributed by atoms with Gasteiger partial charge in [0.25, 0.3) is 0 Å². The predicted octanol–water partition coefficient (Wildman–Crippen LogP) is 2.20. The molecule has 3 heteroatoms. The number of amides is 1. The number of hydrogen-bond donors (Lipinski definition) is 2. The quantitative estimate of drug-likeness (QED) is 0.777. The Morgan fingerprint density at radius 2 is 2.13 bits per heavy atom.